The van der Waals surface area contributed by atoms with Crippen LogP contribution in [0.15, 0.2) is 52.0 Å². The molecule has 4 rings (SSSR count). The van der Waals surface area contributed by atoms with Crippen LogP contribution >= 0.6 is 0 Å². The molecule has 1 unspecified atom stereocenters. The van der Waals surface area contributed by atoms with E-state index in [2.05, 4.69) is 10.1 Å². The van der Waals surface area contributed by atoms with Crippen molar-refractivity contribution < 1.29 is 22.8 Å². The molecule has 0 saturated carbocycles. The third-order valence-electron chi connectivity index (χ3n) is 5.30. The van der Waals surface area contributed by atoms with Crippen LogP contribution in [-0.2, 0) is 14.8 Å². The maximum absolute atomic E-state index is 13.4. The summed E-state index contributed by atoms with van der Waals surface area (Å²) in [5.41, 5.74) is 3.22. The lowest BCUT2D eigenvalue weighted by atomic mass is 9.99. The number of anilines is 1. The Kier molecular flexibility index (Phi) is 5.07. The number of aliphatic carboxylic acids is 1. The molecule has 156 valence electrons. The Morgan fingerprint density at radius 3 is 2.63 bits per heavy atom. The van der Waals surface area contributed by atoms with Crippen LogP contribution in [0.3, 0.4) is 0 Å². The Hall–Kier alpha value is -3.20. The summed E-state index contributed by atoms with van der Waals surface area (Å²) in [6, 6.07) is 9.96. The number of carboxylic acids is 1. The summed E-state index contributed by atoms with van der Waals surface area (Å²) in [5.74, 6) is -0.603. The smallest absolute Gasteiger partial charge is 0.303 e. The van der Waals surface area contributed by atoms with Gasteiger partial charge in [-0.1, -0.05) is 23.4 Å². The van der Waals surface area contributed by atoms with Gasteiger partial charge in [0.25, 0.3) is 10.0 Å². The standard InChI is InChI=1S/C21H21N3O5S/c1-13-20(14(2)29-23-13)16-10-18-21(22-11-16)15(8-9-19(25)26)12-24(18)30(27,28)17-6-4-3-5-7-17/h3-7,10-11,15H,8-9,12H2,1-2H3,(H,25,26). The molecule has 3 heterocycles. The summed E-state index contributed by atoms with van der Waals surface area (Å²) in [6.45, 7) is 3.75. The Labute approximate surface area is 174 Å². The van der Waals surface area contributed by atoms with Gasteiger partial charge in [0.2, 0.25) is 0 Å². The first-order chi connectivity index (χ1) is 14.3. The maximum Gasteiger partial charge on any atom is 0.303 e. The summed E-state index contributed by atoms with van der Waals surface area (Å²) < 4.78 is 33.3. The number of carboxylic acid groups (broad SMARTS) is 1. The first-order valence-corrected chi connectivity index (χ1v) is 11.0. The van der Waals surface area contributed by atoms with Crippen LogP contribution in [0, 0.1) is 13.8 Å². The number of aromatic nitrogens is 2. The van der Waals surface area contributed by atoms with Crippen molar-refractivity contribution in [2.24, 2.45) is 0 Å². The molecule has 0 radical (unpaired) electrons. The molecule has 3 aromatic rings. The number of benzene rings is 1. The molecule has 2 aromatic heterocycles. The van der Waals surface area contributed by atoms with Gasteiger partial charge in [0, 0.05) is 36.2 Å². The lowest BCUT2D eigenvalue weighted by Gasteiger charge is -2.20. The minimum atomic E-state index is -3.82. The van der Waals surface area contributed by atoms with Gasteiger partial charge in [0.05, 0.1) is 22.0 Å². The molecule has 9 heteroatoms. The highest BCUT2D eigenvalue weighted by atomic mass is 32.2. The highest BCUT2D eigenvalue weighted by Crippen LogP contribution is 2.42. The lowest BCUT2D eigenvalue weighted by Crippen LogP contribution is -2.30. The monoisotopic (exact) mass is 427 g/mol. The molecule has 1 N–H and O–H groups in total. The van der Waals surface area contributed by atoms with Gasteiger partial charge in [0.15, 0.2) is 0 Å². The number of sulfonamides is 1. The van der Waals surface area contributed by atoms with E-state index in [1.165, 1.54) is 4.31 Å². The minimum Gasteiger partial charge on any atom is -0.481 e. The van der Waals surface area contributed by atoms with E-state index in [0.717, 1.165) is 5.56 Å². The number of carbonyl (C=O) groups is 1. The van der Waals surface area contributed by atoms with Gasteiger partial charge in [-0.15, -0.1) is 0 Å². The molecule has 0 bridgehead atoms. The van der Waals surface area contributed by atoms with E-state index >= 15 is 0 Å². The van der Waals surface area contributed by atoms with Crippen molar-refractivity contribution in [2.45, 2.75) is 37.5 Å². The lowest BCUT2D eigenvalue weighted by molar-refractivity contribution is -0.137. The van der Waals surface area contributed by atoms with E-state index in [1.807, 2.05) is 6.92 Å². The molecule has 1 atom stereocenters. The maximum atomic E-state index is 13.4. The van der Waals surface area contributed by atoms with Gasteiger partial charge < -0.3 is 9.63 Å². The second-order valence-electron chi connectivity index (χ2n) is 7.31. The molecular formula is C21H21N3O5S. The number of pyridine rings is 1. The molecule has 30 heavy (non-hydrogen) atoms. The highest BCUT2D eigenvalue weighted by Gasteiger charge is 2.38. The normalized spacial score (nSPS) is 15.9. The van der Waals surface area contributed by atoms with Crippen LogP contribution in [0.4, 0.5) is 5.69 Å². The average molecular weight is 427 g/mol. The van der Waals surface area contributed by atoms with Crippen molar-refractivity contribution in [2.75, 3.05) is 10.8 Å². The van der Waals surface area contributed by atoms with Crippen molar-refractivity contribution in [1.82, 2.24) is 10.1 Å². The number of hydrogen-bond donors (Lipinski definition) is 1. The Balaban J connectivity index is 1.82. The van der Waals surface area contributed by atoms with Crippen LogP contribution in [0.25, 0.3) is 11.1 Å². The first-order valence-electron chi connectivity index (χ1n) is 9.52. The van der Waals surface area contributed by atoms with Crippen molar-refractivity contribution in [3.05, 3.63) is 59.7 Å². The fourth-order valence-corrected chi connectivity index (χ4v) is 5.40. The number of hydrogen-bond acceptors (Lipinski definition) is 6. The molecule has 0 spiro atoms. The van der Waals surface area contributed by atoms with E-state index in [-0.39, 0.29) is 23.8 Å². The molecule has 0 fully saturated rings. The van der Waals surface area contributed by atoms with E-state index in [0.29, 0.717) is 34.8 Å². The Morgan fingerprint density at radius 1 is 1.27 bits per heavy atom. The van der Waals surface area contributed by atoms with Crippen LogP contribution < -0.4 is 4.31 Å². The van der Waals surface area contributed by atoms with Crippen LogP contribution in [0.2, 0.25) is 0 Å². The fraction of sp³-hybridized carbons (Fsp3) is 0.286. The quantitative estimate of drug-likeness (QED) is 0.640. The largest absolute Gasteiger partial charge is 0.481 e. The van der Waals surface area contributed by atoms with E-state index in [9.17, 15) is 13.2 Å². The molecule has 1 aromatic carbocycles. The van der Waals surface area contributed by atoms with E-state index in [1.54, 1.807) is 49.5 Å². The number of fused-ring (bicyclic) bond motifs is 1. The van der Waals surface area contributed by atoms with E-state index in [4.69, 9.17) is 9.63 Å². The molecular weight excluding hydrogens is 406 g/mol. The van der Waals surface area contributed by atoms with Gasteiger partial charge in [-0.05, 0) is 38.5 Å². The summed E-state index contributed by atoms with van der Waals surface area (Å²) >= 11 is 0. The van der Waals surface area contributed by atoms with Crippen molar-refractivity contribution >= 4 is 21.7 Å². The summed E-state index contributed by atoms with van der Waals surface area (Å²) in [4.78, 5) is 15.8. The molecule has 0 aliphatic carbocycles. The highest BCUT2D eigenvalue weighted by molar-refractivity contribution is 7.92. The minimum absolute atomic E-state index is 0.0589. The zero-order valence-electron chi connectivity index (χ0n) is 16.6. The van der Waals surface area contributed by atoms with Gasteiger partial charge in [-0.25, -0.2) is 8.42 Å². The van der Waals surface area contributed by atoms with Gasteiger partial charge >= 0.3 is 5.97 Å². The molecule has 0 amide bonds. The summed E-state index contributed by atoms with van der Waals surface area (Å²) in [7, 11) is -3.82. The second-order valence-corrected chi connectivity index (χ2v) is 9.17. The van der Waals surface area contributed by atoms with Crippen LogP contribution in [-0.4, -0.2) is 36.2 Å². The third kappa shape index (κ3) is 3.45. The first kappa shape index (κ1) is 20.1. The van der Waals surface area contributed by atoms with Crippen molar-refractivity contribution in [3.63, 3.8) is 0 Å². The topological polar surface area (TPSA) is 114 Å². The fourth-order valence-electron chi connectivity index (χ4n) is 3.87. The van der Waals surface area contributed by atoms with Crippen molar-refractivity contribution in [1.29, 1.82) is 0 Å². The summed E-state index contributed by atoms with van der Waals surface area (Å²) in [5, 5.41) is 13.1. The zero-order chi connectivity index (χ0) is 21.5. The van der Waals surface area contributed by atoms with Crippen LogP contribution in [0.1, 0.15) is 35.9 Å². The Morgan fingerprint density at radius 2 is 2.00 bits per heavy atom. The number of nitrogens with zero attached hydrogens (tertiary/aromatic N) is 3. The summed E-state index contributed by atoms with van der Waals surface area (Å²) in [6.07, 6.45) is 1.91. The Bertz CT molecular complexity index is 1190. The average Bonchev–Trinajstić information content (AvgIpc) is 3.26. The molecule has 1 aliphatic rings. The molecule has 0 saturated heterocycles. The van der Waals surface area contributed by atoms with Gasteiger partial charge in [0.1, 0.15) is 5.76 Å². The predicted octanol–water partition coefficient (Wildman–Crippen LogP) is 3.51. The zero-order valence-corrected chi connectivity index (χ0v) is 17.4. The molecule has 1 aliphatic heterocycles. The third-order valence-corrected chi connectivity index (χ3v) is 7.09. The van der Waals surface area contributed by atoms with Crippen molar-refractivity contribution in [3.8, 4) is 11.1 Å². The number of aryl methyl sites for hydroxylation is 2. The predicted molar refractivity (Wildman–Crippen MR) is 110 cm³/mol. The van der Waals surface area contributed by atoms with Gasteiger partial charge in [-0.3, -0.25) is 14.1 Å². The second kappa shape index (κ2) is 7.56. The number of rotatable bonds is 6. The van der Waals surface area contributed by atoms with Gasteiger partial charge in [-0.2, -0.15) is 0 Å². The van der Waals surface area contributed by atoms with E-state index < -0.39 is 16.0 Å². The molecule has 8 nitrogen and oxygen atoms in total. The SMILES string of the molecule is Cc1noc(C)c1-c1cnc2c(c1)N(S(=O)(=O)c1ccccc1)CC2CCC(=O)O. The van der Waals surface area contributed by atoms with Crippen LogP contribution in [0.5, 0.6) is 0 Å².